The predicted molar refractivity (Wildman–Crippen MR) is 140 cm³/mol. The lowest BCUT2D eigenvalue weighted by Crippen LogP contribution is -2.78. The molecule has 2 heterocycles. The summed E-state index contributed by atoms with van der Waals surface area (Å²) in [4.78, 5) is 16.1. The van der Waals surface area contributed by atoms with Gasteiger partial charge in [-0.1, -0.05) is 30.3 Å². The maximum atomic E-state index is 13.5. The van der Waals surface area contributed by atoms with Crippen molar-refractivity contribution in [1.82, 2.24) is 10.2 Å². The fraction of sp³-hybridized carbons (Fsp3) is 0.645. The Balaban J connectivity index is 1.14. The van der Waals surface area contributed by atoms with Crippen molar-refractivity contribution in [3.05, 3.63) is 48.0 Å². The van der Waals surface area contributed by atoms with Crippen LogP contribution in [0.5, 0.6) is 0 Å². The Morgan fingerprint density at radius 3 is 2.73 bits per heavy atom. The van der Waals surface area contributed by atoms with Crippen LogP contribution in [0.25, 0.3) is 10.8 Å². The highest BCUT2D eigenvalue weighted by Crippen LogP contribution is 2.69. The van der Waals surface area contributed by atoms with Gasteiger partial charge < -0.3 is 20.3 Å². The fourth-order valence-corrected chi connectivity index (χ4v) is 9.62. The molecule has 6 nitrogen and oxygen atoms in total. The summed E-state index contributed by atoms with van der Waals surface area (Å²) in [5.74, 6) is 1.36. The Morgan fingerprint density at radius 2 is 1.89 bits per heavy atom. The van der Waals surface area contributed by atoms with Gasteiger partial charge in [-0.3, -0.25) is 9.69 Å². The summed E-state index contributed by atoms with van der Waals surface area (Å²) in [6.45, 7) is 2.10. The highest BCUT2D eigenvalue weighted by atomic mass is 16.5. The first-order valence-electron chi connectivity index (χ1n) is 14.6. The normalized spacial score (nSPS) is 44.4. The third-order valence-electron chi connectivity index (χ3n) is 11.3. The predicted octanol–water partition coefficient (Wildman–Crippen LogP) is 3.49. The molecule has 2 saturated heterocycles. The quantitative estimate of drug-likeness (QED) is 0.596. The molecule has 8 rings (SSSR count). The number of benzene rings is 2. The average Bonchev–Trinajstić information content (AvgIpc) is 3.65. The summed E-state index contributed by atoms with van der Waals surface area (Å²) in [6, 6.07) is 14.0. The molecule has 2 bridgehead atoms. The summed E-state index contributed by atoms with van der Waals surface area (Å²) in [5, 5.41) is 29.2. The van der Waals surface area contributed by atoms with Crippen LogP contribution in [-0.2, 0) is 4.74 Å². The molecule has 196 valence electrons. The first kappa shape index (κ1) is 22.9. The molecule has 0 radical (unpaired) electrons. The van der Waals surface area contributed by atoms with E-state index in [0.717, 1.165) is 55.5 Å². The van der Waals surface area contributed by atoms with Gasteiger partial charge >= 0.3 is 0 Å². The Morgan fingerprint density at radius 1 is 1.05 bits per heavy atom. The van der Waals surface area contributed by atoms with Gasteiger partial charge in [-0.15, -0.1) is 0 Å². The number of hydrogen-bond acceptors (Lipinski definition) is 5. The molecule has 4 saturated carbocycles. The molecule has 0 aromatic heterocycles. The monoisotopic (exact) mass is 502 g/mol. The van der Waals surface area contributed by atoms with E-state index in [1.807, 2.05) is 36.4 Å². The van der Waals surface area contributed by atoms with E-state index in [1.54, 1.807) is 0 Å². The molecule has 5 unspecified atom stereocenters. The standard InChI is InChI=1S/C31H38N2O4/c34-24-10-9-21-16-25-31(36)12-11-23(32-29(35)22-8-7-19-3-1-2-4-20(19)15-22)28-30(31,26(21)27(24)37-28)13-14-33(25)17-18-5-6-18/h1-4,7-8,15,18,21,23-28,34,36H,5-6,9-14,16-17H2,(H,32,35)/t21?,23-,24?,25?,26?,27?,28+,30+,31-/m1/s1. The van der Waals surface area contributed by atoms with E-state index in [9.17, 15) is 15.0 Å². The zero-order chi connectivity index (χ0) is 24.9. The molecule has 6 fully saturated rings. The molecule has 2 aromatic carbocycles. The lowest BCUT2D eigenvalue weighted by atomic mass is 9.42. The van der Waals surface area contributed by atoms with Gasteiger partial charge in [-0.05, 0) is 92.7 Å². The molecule has 3 N–H and O–H groups in total. The largest absolute Gasteiger partial charge is 0.390 e. The van der Waals surface area contributed by atoms with Crippen molar-refractivity contribution in [2.75, 3.05) is 13.1 Å². The Kier molecular flexibility index (Phi) is 4.97. The van der Waals surface area contributed by atoms with Crippen LogP contribution in [0.4, 0.5) is 0 Å². The first-order valence-corrected chi connectivity index (χ1v) is 14.6. The molecule has 2 aliphatic heterocycles. The van der Waals surface area contributed by atoms with Crippen LogP contribution in [0.2, 0.25) is 0 Å². The van der Waals surface area contributed by atoms with Crippen molar-refractivity contribution in [2.45, 2.75) is 87.4 Å². The number of nitrogens with one attached hydrogen (secondary N) is 1. The van der Waals surface area contributed by atoms with Crippen molar-refractivity contribution in [2.24, 2.45) is 23.2 Å². The van der Waals surface area contributed by atoms with E-state index >= 15 is 0 Å². The van der Waals surface area contributed by atoms with Gasteiger partial charge in [-0.25, -0.2) is 0 Å². The van der Waals surface area contributed by atoms with E-state index in [2.05, 4.69) is 16.3 Å². The number of aliphatic hydroxyl groups is 2. The van der Waals surface area contributed by atoms with E-state index in [-0.39, 0.29) is 36.1 Å². The van der Waals surface area contributed by atoms with Gasteiger partial charge in [0.1, 0.15) is 0 Å². The zero-order valence-electron chi connectivity index (χ0n) is 21.4. The van der Waals surface area contributed by atoms with Crippen LogP contribution < -0.4 is 5.32 Å². The molecule has 6 aliphatic rings. The first-order chi connectivity index (χ1) is 18.0. The summed E-state index contributed by atoms with van der Waals surface area (Å²) < 4.78 is 6.81. The van der Waals surface area contributed by atoms with Crippen LogP contribution in [-0.4, -0.2) is 70.1 Å². The average molecular weight is 503 g/mol. The topological polar surface area (TPSA) is 82.0 Å². The Hall–Kier alpha value is -1.99. The van der Waals surface area contributed by atoms with E-state index in [1.165, 1.54) is 12.8 Å². The lowest BCUT2D eigenvalue weighted by molar-refractivity contribution is -0.260. The minimum absolute atomic E-state index is 0.0771. The molecule has 6 heteroatoms. The van der Waals surface area contributed by atoms with Crippen LogP contribution >= 0.6 is 0 Å². The third kappa shape index (κ3) is 3.16. The second-order valence-corrected chi connectivity index (χ2v) is 13.0. The van der Waals surface area contributed by atoms with E-state index < -0.39 is 17.1 Å². The van der Waals surface area contributed by atoms with Gasteiger partial charge in [0.25, 0.3) is 5.91 Å². The number of rotatable bonds is 4. The van der Waals surface area contributed by atoms with Gasteiger partial charge in [0.05, 0.1) is 30.0 Å². The highest BCUT2D eigenvalue weighted by molar-refractivity contribution is 5.98. The summed E-state index contributed by atoms with van der Waals surface area (Å²) in [6.07, 6.45) is 6.76. The third-order valence-corrected chi connectivity index (χ3v) is 11.3. The lowest BCUT2D eigenvalue weighted by Gasteiger charge is -2.68. The molecular formula is C31H38N2O4. The molecular weight excluding hydrogens is 464 g/mol. The summed E-state index contributed by atoms with van der Waals surface area (Å²) >= 11 is 0. The molecule has 1 amide bonds. The van der Waals surface area contributed by atoms with Crippen LogP contribution in [0.15, 0.2) is 42.5 Å². The second-order valence-electron chi connectivity index (χ2n) is 13.0. The number of amides is 1. The number of ether oxygens (including phenoxy) is 1. The van der Waals surface area contributed by atoms with Gasteiger partial charge in [-0.2, -0.15) is 0 Å². The zero-order valence-corrected chi connectivity index (χ0v) is 21.4. The maximum Gasteiger partial charge on any atom is 0.251 e. The summed E-state index contributed by atoms with van der Waals surface area (Å²) in [5.41, 5.74) is -0.556. The number of aliphatic hydroxyl groups excluding tert-OH is 1. The van der Waals surface area contributed by atoms with Gasteiger partial charge in [0.15, 0.2) is 0 Å². The van der Waals surface area contributed by atoms with Crippen molar-refractivity contribution in [3.63, 3.8) is 0 Å². The molecule has 2 aromatic rings. The van der Waals surface area contributed by atoms with Crippen LogP contribution in [0.3, 0.4) is 0 Å². The van der Waals surface area contributed by atoms with Crippen LogP contribution in [0, 0.1) is 23.2 Å². The molecule has 1 spiro atoms. The number of likely N-dealkylation sites (tertiary alicyclic amines) is 1. The van der Waals surface area contributed by atoms with Gasteiger partial charge in [0, 0.05) is 29.5 Å². The number of nitrogens with zero attached hydrogens (tertiary/aromatic N) is 1. The van der Waals surface area contributed by atoms with Crippen molar-refractivity contribution >= 4 is 16.7 Å². The van der Waals surface area contributed by atoms with Crippen molar-refractivity contribution in [3.8, 4) is 0 Å². The number of piperidine rings is 1. The number of carbonyl (C=O) groups excluding carboxylic acids is 1. The van der Waals surface area contributed by atoms with Gasteiger partial charge in [0.2, 0.25) is 0 Å². The smallest absolute Gasteiger partial charge is 0.251 e. The second kappa shape index (κ2) is 8.01. The number of hydrogen-bond donors (Lipinski definition) is 3. The van der Waals surface area contributed by atoms with Crippen molar-refractivity contribution < 1.29 is 19.7 Å². The maximum absolute atomic E-state index is 13.5. The Bertz CT molecular complexity index is 1250. The fourth-order valence-electron chi connectivity index (χ4n) is 9.62. The van der Waals surface area contributed by atoms with Crippen molar-refractivity contribution in [1.29, 1.82) is 0 Å². The molecule has 9 atom stereocenters. The highest BCUT2D eigenvalue weighted by Gasteiger charge is 2.77. The number of fused-ring (bicyclic) bond motifs is 1. The SMILES string of the molecule is O=C(N[C@@H]1CC[C@@]2(O)C3CC4CCC(O)C5O[C@@H]1[C@]2(CCN3CC1CC1)C45)c1ccc2ccccc2c1. The summed E-state index contributed by atoms with van der Waals surface area (Å²) in [7, 11) is 0. The minimum Gasteiger partial charge on any atom is -0.390 e. The van der Waals surface area contributed by atoms with Crippen LogP contribution in [0.1, 0.15) is 61.7 Å². The van der Waals surface area contributed by atoms with E-state index in [0.29, 0.717) is 24.3 Å². The van der Waals surface area contributed by atoms with E-state index in [4.69, 9.17) is 4.74 Å². The molecule has 4 aliphatic carbocycles. The minimum atomic E-state index is -0.817. The Labute approximate surface area is 218 Å². The molecule has 37 heavy (non-hydrogen) atoms. The number of carbonyl (C=O) groups is 1.